The first-order chi connectivity index (χ1) is 8.60. The van der Waals surface area contributed by atoms with Gasteiger partial charge in [0.05, 0.1) is 12.7 Å². The molecule has 1 amide bonds. The van der Waals surface area contributed by atoms with Crippen molar-refractivity contribution in [3.05, 3.63) is 22.2 Å². The Hall–Kier alpha value is -1.27. The first-order valence-corrected chi connectivity index (χ1v) is 6.51. The number of carbonyl (C=O) groups excluding carboxylic acids is 1. The molecule has 0 fully saturated rings. The molecule has 0 spiro atoms. The number of hydrogen-bond acceptors (Lipinski definition) is 4. The third kappa shape index (κ3) is 3.89. The number of ether oxygens (including phenoxy) is 1. The Balaban J connectivity index is 2.75. The minimum Gasteiger partial charge on any atom is -0.496 e. The smallest absolute Gasteiger partial charge is 0.255 e. The van der Waals surface area contributed by atoms with Crippen molar-refractivity contribution in [2.24, 2.45) is 0 Å². The van der Waals surface area contributed by atoms with Gasteiger partial charge in [0, 0.05) is 29.3 Å². The van der Waals surface area contributed by atoms with E-state index >= 15 is 0 Å². The summed E-state index contributed by atoms with van der Waals surface area (Å²) in [4.78, 5) is 12.0. The van der Waals surface area contributed by atoms with Crippen molar-refractivity contribution in [3.8, 4) is 5.75 Å². The van der Waals surface area contributed by atoms with Crippen LogP contribution in [0, 0.1) is 0 Å². The molecule has 0 aliphatic heterocycles. The van der Waals surface area contributed by atoms with Crippen LogP contribution in [0.25, 0.3) is 0 Å². The van der Waals surface area contributed by atoms with Crippen molar-refractivity contribution in [2.75, 3.05) is 32.5 Å². The zero-order valence-corrected chi connectivity index (χ0v) is 12.1. The molecular weight excluding hydrogens is 298 g/mol. The minimum atomic E-state index is -0.176. The van der Waals surface area contributed by atoms with E-state index in [0.717, 1.165) is 13.1 Å². The molecule has 0 unspecified atom stereocenters. The molecule has 0 radical (unpaired) electrons. The van der Waals surface area contributed by atoms with Gasteiger partial charge >= 0.3 is 0 Å². The average molecular weight is 316 g/mol. The topological polar surface area (TPSA) is 76.4 Å². The quantitative estimate of drug-likeness (QED) is 0.547. The number of likely N-dealkylation sites (N-methyl/N-ethyl adjacent to an activating group) is 1. The third-order valence-corrected chi connectivity index (χ3v) is 3.09. The molecule has 6 heteroatoms. The van der Waals surface area contributed by atoms with Gasteiger partial charge in [-0.2, -0.15) is 0 Å². The van der Waals surface area contributed by atoms with E-state index in [-0.39, 0.29) is 5.91 Å². The Labute approximate surface area is 115 Å². The second-order valence-electron chi connectivity index (χ2n) is 3.68. The Morgan fingerprint density at radius 1 is 1.44 bits per heavy atom. The number of nitrogens with two attached hydrogens (primary N) is 1. The molecule has 1 aromatic carbocycles. The first-order valence-electron chi connectivity index (χ1n) is 5.72. The summed E-state index contributed by atoms with van der Waals surface area (Å²) in [6.07, 6.45) is 0. The van der Waals surface area contributed by atoms with Crippen LogP contribution in [-0.2, 0) is 0 Å². The number of nitrogens with one attached hydrogen (secondary N) is 2. The lowest BCUT2D eigenvalue weighted by Gasteiger charge is -2.11. The van der Waals surface area contributed by atoms with E-state index in [2.05, 4.69) is 26.6 Å². The number of benzene rings is 1. The van der Waals surface area contributed by atoms with E-state index in [0.29, 0.717) is 28.0 Å². The van der Waals surface area contributed by atoms with E-state index in [1.165, 1.54) is 7.11 Å². The second-order valence-corrected chi connectivity index (χ2v) is 4.54. The minimum absolute atomic E-state index is 0.176. The van der Waals surface area contributed by atoms with E-state index in [1.54, 1.807) is 12.1 Å². The SMILES string of the molecule is CCNCCNC(=O)c1cc(Br)c(N)cc1OC. The number of amides is 1. The number of carbonyl (C=O) groups is 1. The van der Waals surface area contributed by atoms with Crippen molar-refractivity contribution in [1.29, 1.82) is 0 Å². The fourth-order valence-corrected chi connectivity index (χ4v) is 1.80. The average Bonchev–Trinajstić information content (AvgIpc) is 2.37. The van der Waals surface area contributed by atoms with Gasteiger partial charge < -0.3 is 21.1 Å². The van der Waals surface area contributed by atoms with E-state index in [4.69, 9.17) is 10.5 Å². The van der Waals surface area contributed by atoms with Crippen molar-refractivity contribution in [3.63, 3.8) is 0 Å². The van der Waals surface area contributed by atoms with Crippen molar-refractivity contribution >= 4 is 27.5 Å². The lowest BCUT2D eigenvalue weighted by Crippen LogP contribution is -2.31. The van der Waals surface area contributed by atoms with Crippen LogP contribution in [0.2, 0.25) is 0 Å². The first kappa shape index (κ1) is 14.8. The molecular formula is C12H18BrN3O2. The Kier molecular flexibility index (Phi) is 5.94. The van der Waals surface area contributed by atoms with Gasteiger partial charge in [-0.25, -0.2) is 0 Å². The highest BCUT2D eigenvalue weighted by Gasteiger charge is 2.14. The van der Waals surface area contributed by atoms with E-state index < -0.39 is 0 Å². The van der Waals surface area contributed by atoms with Crippen LogP contribution in [-0.4, -0.2) is 32.7 Å². The molecule has 100 valence electrons. The summed E-state index contributed by atoms with van der Waals surface area (Å²) in [6, 6.07) is 3.29. The van der Waals surface area contributed by atoms with Gasteiger partial charge in [0.2, 0.25) is 0 Å². The van der Waals surface area contributed by atoms with Crippen LogP contribution >= 0.6 is 15.9 Å². The summed E-state index contributed by atoms with van der Waals surface area (Å²) < 4.78 is 5.83. The van der Waals surface area contributed by atoms with Crippen molar-refractivity contribution < 1.29 is 9.53 Å². The number of anilines is 1. The third-order valence-electron chi connectivity index (χ3n) is 2.40. The summed E-state index contributed by atoms with van der Waals surface area (Å²) in [5, 5.41) is 5.94. The molecule has 0 aliphatic carbocycles. The summed E-state index contributed by atoms with van der Waals surface area (Å²) in [5.41, 5.74) is 6.74. The van der Waals surface area contributed by atoms with Crippen molar-refractivity contribution in [1.82, 2.24) is 10.6 Å². The Morgan fingerprint density at radius 2 is 2.17 bits per heavy atom. The van der Waals surface area contributed by atoms with Crippen LogP contribution in [0.1, 0.15) is 17.3 Å². The molecule has 4 N–H and O–H groups in total. The van der Waals surface area contributed by atoms with Gasteiger partial charge in [0.1, 0.15) is 5.75 Å². The van der Waals surface area contributed by atoms with Crippen LogP contribution in [0.15, 0.2) is 16.6 Å². The summed E-state index contributed by atoms with van der Waals surface area (Å²) in [6.45, 7) is 4.20. The van der Waals surface area contributed by atoms with Gasteiger partial charge in [-0.05, 0) is 28.5 Å². The summed E-state index contributed by atoms with van der Waals surface area (Å²) in [5.74, 6) is 0.294. The van der Waals surface area contributed by atoms with Gasteiger partial charge in [0.15, 0.2) is 0 Å². The molecule has 1 rings (SSSR count). The maximum Gasteiger partial charge on any atom is 0.255 e. The lowest BCUT2D eigenvalue weighted by atomic mass is 10.1. The van der Waals surface area contributed by atoms with Gasteiger partial charge in [-0.15, -0.1) is 0 Å². The van der Waals surface area contributed by atoms with Crippen molar-refractivity contribution in [2.45, 2.75) is 6.92 Å². The number of methoxy groups -OCH3 is 1. The standard InChI is InChI=1S/C12H18BrN3O2/c1-3-15-4-5-16-12(17)8-6-9(13)10(14)7-11(8)18-2/h6-7,15H,3-5,14H2,1-2H3,(H,16,17). The highest BCUT2D eigenvalue weighted by Crippen LogP contribution is 2.28. The summed E-state index contributed by atoms with van der Waals surface area (Å²) in [7, 11) is 1.51. The number of nitrogen functional groups attached to an aromatic ring is 1. The predicted molar refractivity (Wildman–Crippen MR) is 76.0 cm³/mol. The van der Waals surface area contributed by atoms with Crippen LogP contribution in [0.3, 0.4) is 0 Å². The van der Waals surface area contributed by atoms with Crippen LogP contribution in [0.4, 0.5) is 5.69 Å². The Bertz CT molecular complexity index is 424. The van der Waals surface area contributed by atoms with E-state index in [1.807, 2.05) is 6.92 Å². The number of rotatable bonds is 6. The fourth-order valence-electron chi connectivity index (χ4n) is 1.45. The molecule has 0 saturated carbocycles. The zero-order chi connectivity index (χ0) is 13.5. The van der Waals surface area contributed by atoms with Gasteiger partial charge in [-0.3, -0.25) is 4.79 Å². The van der Waals surface area contributed by atoms with Crippen LogP contribution < -0.4 is 21.1 Å². The fraction of sp³-hybridized carbons (Fsp3) is 0.417. The molecule has 0 aliphatic rings. The summed E-state index contributed by atoms with van der Waals surface area (Å²) >= 11 is 3.30. The molecule has 0 saturated heterocycles. The molecule has 1 aromatic rings. The van der Waals surface area contributed by atoms with Crippen LogP contribution in [0.5, 0.6) is 5.75 Å². The molecule has 0 bridgehead atoms. The number of hydrogen-bond donors (Lipinski definition) is 3. The molecule has 18 heavy (non-hydrogen) atoms. The molecule has 0 aromatic heterocycles. The maximum atomic E-state index is 12.0. The predicted octanol–water partition coefficient (Wildman–Crippen LogP) is 1.38. The lowest BCUT2D eigenvalue weighted by molar-refractivity contribution is 0.0951. The van der Waals surface area contributed by atoms with E-state index in [9.17, 15) is 4.79 Å². The second kappa shape index (κ2) is 7.23. The van der Waals surface area contributed by atoms with Gasteiger partial charge in [0.25, 0.3) is 5.91 Å². The zero-order valence-electron chi connectivity index (χ0n) is 10.5. The molecule has 5 nitrogen and oxygen atoms in total. The normalized spacial score (nSPS) is 10.2. The van der Waals surface area contributed by atoms with Gasteiger partial charge in [-0.1, -0.05) is 6.92 Å². The number of halogens is 1. The highest BCUT2D eigenvalue weighted by atomic mass is 79.9. The largest absolute Gasteiger partial charge is 0.496 e. The maximum absolute atomic E-state index is 12.0. The molecule has 0 heterocycles. The Morgan fingerprint density at radius 3 is 2.78 bits per heavy atom. The highest BCUT2D eigenvalue weighted by molar-refractivity contribution is 9.10. The molecule has 0 atom stereocenters. The monoisotopic (exact) mass is 315 g/mol.